The van der Waals surface area contributed by atoms with Crippen molar-refractivity contribution in [2.75, 3.05) is 19.6 Å². The molecule has 1 aliphatic rings. The van der Waals surface area contributed by atoms with Gasteiger partial charge in [0.25, 0.3) is 0 Å². The second-order valence-electron chi connectivity index (χ2n) is 3.62. The lowest BCUT2D eigenvalue weighted by Crippen LogP contribution is -2.33. The molecule has 4 heteroatoms. The van der Waals surface area contributed by atoms with Gasteiger partial charge < -0.3 is 15.7 Å². The monoisotopic (exact) mass is 186 g/mol. The highest BCUT2D eigenvalue weighted by atomic mass is 16.3. The number of aliphatic hydroxyl groups is 1. The topological polar surface area (TPSA) is 61.4 Å². The standard InChI is InChI=1S/C9H18N2O2/c1-7(12)2-5-11-9(13)8-3-4-10-6-8/h7-8,10,12H,2-6H2,1H3,(H,11,13). The van der Waals surface area contributed by atoms with Gasteiger partial charge in [0.05, 0.1) is 12.0 Å². The summed E-state index contributed by atoms with van der Waals surface area (Å²) in [6.45, 7) is 4.03. The molecule has 76 valence electrons. The zero-order valence-electron chi connectivity index (χ0n) is 8.05. The lowest BCUT2D eigenvalue weighted by atomic mass is 10.1. The molecule has 1 rings (SSSR count). The van der Waals surface area contributed by atoms with Crippen molar-refractivity contribution >= 4 is 5.91 Å². The Labute approximate surface area is 78.7 Å². The zero-order chi connectivity index (χ0) is 9.68. The first kappa shape index (κ1) is 10.5. The second-order valence-corrected chi connectivity index (χ2v) is 3.62. The van der Waals surface area contributed by atoms with Gasteiger partial charge >= 0.3 is 0 Å². The summed E-state index contributed by atoms with van der Waals surface area (Å²) in [6.07, 6.45) is 1.23. The van der Waals surface area contributed by atoms with E-state index in [2.05, 4.69) is 10.6 Å². The predicted molar refractivity (Wildman–Crippen MR) is 50.3 cm³/mol. The Balaban J connectivity index is 2.10. The van der Waals surface area contributed by atoms with Crippen molar-refractivity contribution in [3.05, 3.63) is 0 Å². The normalized spacial score (nSPS) is 24.3. The van der Waals surface area contributed by atoms with Crippen LogP contribution >= 0.6 is 0 Å². The molecular weight excluding hydrogens is 168 g/mol. The minimum Gasteiger partial charge on any atom is -0.393 e. The maximum atomic E-state index is 11.4. The van der Waals surface area contributed by atoms with Gasteiger partial charge in [0, 0.05) is 13.1 Å². The molecule has 1 heterocycles. The molecule has 0 aromatic rings. The van der Waals surface area contributed by atoms with Crippen LogP contribution in [0.3, 0.4) is 0 Å². The number of aliphatic hydroxyl groups excluding tert-OH is 1. The van der Waals surface area contributed by atoms with Gasteiger partial charge in [0.15, 0.2) is 0 Å². The lowest BCUT2D eigenvalue weighted by molar-refractivity contribution is -0.124. The highest BCUT2D eigenvalue weighted by Gasteiger charge is 2.21. The molecule has 1 amide bonds. The van der Waals surface area contributed by atoms with Gasteiger partial charge in [-0.05, 0) is 26.3 Å². The molecule has 2 unspecified atom stereocenters. The van der Waals surface area contributed by atoms with Crippen molar-refractivity contribution in [3.63, 3.8) is 0 Å². The third kappa shape index (κ3) is 3.74. The molecule has 13 heavy (non-hydrogen) atoms. The molecule has 1 fully saturated rings. The summed E-state index contributed by atoms with van der Waals surface area (Å²) < 4.78 is 0. The number of rotatable bonds is 4. The van der Waals surface area contributed by atoms with Crippen LogP contribution < -0.4 is 10.6 Å². The van der Waals surface area contributed by atoms with E-state index in [1.807, 2.05) is 0 Å². The Kier molecular flexibility index (Phi) is 4.18. The van der Waals surface area contributed by atoms with Crippen molar-refractivity contribution in [2.24, 2.45) is 5.92 Å². The number of hydrogen-bond acceptors (Lipinski definition) is 3. The molecule has 0 aromatic carbocycles. The third-order valence-corrected chi connectivity index (χ3v) is 2.29. The quantitative estimate of drug-likeness (QED) is 0.554. The van der Waals surface area contributed by atoms with Crippen LogP contribution in [0.4, 0.5) is 0 Å². The maximum Gasteiger partial charge on any atom is 0.224 e. The van der Waals surface area contributed by atoms with Crippen LogP contribution in [-0.2, 0) is 4.79 Å². The van der Waals surface area contributed by atoms with Crippen LogP contribution in [0.15, 0.2) is 0 Å². The van der Waals surface area contributed by atoms with E-state index >= 15 is 0 Å². The van der Waals surface area contributed by atoms with E-state index in [4.69, 9.17) is 5.11 Å². The Morgan fingerprint density at radius 3 is 3.08 bits per heavy atom. The van der Waals surface area contributed by atoms with Crippen LogP contribution in [0, 0.1) is 5.92 Å². The van der Waals surface area contributed by atoms with Gasteiger partial charge in [-0.15, -0.1) is 0 Å². The molecule has 0 aliphatic carbocycles. The Morgan fingerprint density at radius 1 is 1.77 bits per heavy atom. The van der Waals surface area contributed by atoms with Gasteiger partial charge in [-0.25, -0.2) is 0 Å². The van der Waals surface area contributed by atoms with Gasteiger partial charge in [-0.2, -0.15) is 0 Å². The van der Waals surface area contributed by atoms with Gasteiger partial charge in [-0.3, -0.25) is 4.79 Å². The van der Waals surface area contributed by atoms with E-state index in [-0.39, 0.29) is 17.9 Å². The summed E-state index contributed by atoms with van der Waals surface area (Å²) in [7, 11) is 0. The number of hydrogen-bond donors (Lipinski definition) is 3. The van der Waals surface area contributed by atoms with Crippen LogP contribution in [0.2, 0.25) is 0 Å². The van der Waals surface area contributed by atoms with Crippen LogP contribution in [0.5, 0.6) is 0 Å². The van der Waals surface area contributed by atoms with E-state index in [1.165, 1.54) is 0 Å². The van der Waals surface area contributed by atoms with Gasteiger partial charge in [0.1, 0.15) is 0 Å². The number of nitrogens with one attached hydrogen (secondary N) is 2. The fourth-order valence-electron chi connectivity index (χ4n) is 1.43. The van der Waals surface area contributed by atoms with E-state index in [0.717, 1.165) is 19.5 Å². The van der Waals surface area contributed by atoms with E-state index in [1.54, 1.807) is 6.92 Å². The molecule has 2 atom stereocenters. The summed E-state index contributed by atoms with van der Waals surface area (Å²) >= 11 is 0. The summed E-state index contributed by atoms with van der Waals surface area (Å²) in [6, 6.07) is 0. The minimum atomic E-state index is -0.331. The van der Waals surface area contributed by atoms with Gasteiger partial charge in [0.2, 0.25) is 5.91 Å². The van der Waals surface area contributed by atoms with Crippen LogP contribution in [-0.4, -0.2) is 36.8 Å². The fourth-order valence-corrected chi connectivity index (χ4v) is 1.43. The first-order chi connectivity index (χ1) is 6.20. The molecule has 0 aromatic heterocycles. The van der Waals surface area contributed by atoms with Crippen molar-refractivity contribution in [1.82, 2.24) is 10.6 Å². The number of carbonyl (C=O) groups is 1. The third-order valence-electron chi connectivity index (χ3n) is 2.29. The summed E-state index contributed by atoms with van der Waals surface area (Å²) in [4.78, 5) is 11.4. The van der Waals surface area contributed by atoms with Crippen molar-refractivity contribution in [2.45, 2.75) is 25.9 Å². The van der Waals surface area contributed by atoms with E-state index in [0.29, 0.717) is 13.0 Å². The molecule has 3 N–H and O–H groups in total. The second kappa shape index (κ2) is 5.19. The zero-order valence-corrected chi connectivity index (χ0v) is 8.05. The molecule has 1 saturated heterocycles. The lowest BCUT2D eigenvalue weighted by Gasteiger charge is -2.10. The molecule has 0 saturated carbocycles. The van der Waals surface area contributed by atoms with Crippen LogP contribution in [0.25, 0.3) is 0 Å². The molecule has 0 bridgehead atoms. The molecule has 4 nitrogen and oxygen atoms in total. The number of amides is 1. The Morgan fingerprint density at radius 2 is 2.54 bits per heavy atom. The number of carbonyl (C=O) groups excluding carboxylic acids is 1. The first-order valence-electron chi connectivity index (χ1n) is 4.86. The minimum absolute atomic E-state index is 0.116. The van der Waals surface area contributed by atoms with Crippen molar-refractivity contribution in [1.29, 1.82) is 0 Å². The average molecular weight is 186 g/mol. The van der Waals surface area contributed by atoms with E-state index < -0.39 is 0 Å². The molecule has 0 radical (unpaired) electrons. The summed E-state index contributed by atoms with van der Waals surface area (Å²) in [5.41, 5.74) is 0. The van der Waals surface area contributed by atoms with Crippen LogP contribution in [0.1, 0.15) is 19.8 Å². The predicted octanol–water partition coefficient (Wildman–Crippen LogP) is -0.517. The molecular formula is C9H18N2O2. The smallest absolute Gasteiger partial charge is 0.224 e. The van der Waals surface area contributed by atoms with E-state index in [9.17, 15) is 4.79 Å². The fraction of sp³-hybridized carbons (Fsp3) is 0.889. The highest BCUT2D eigenvalue weighted by Crippen LogP contribution is 2.06. The summed E-state index contributed by atoms with van der Waals surface area (Å²) in [5.74, 6) is 0.250. The van der Waals surface area contributed by atoms with Crippen molar-refractivity contribution in [3.8, 4) is 0 Å². The maximum absolute atomic E-state index is 11.4. The van der Waals surface area contributed by atoms with Gasteiger partial charge in [-0.1, -0.05) is 0 Å². The Hall–Kier alpha value is -0.610. The Bertz CT molecular complexity index is 165. The highest BCUT2D eigenvalue weighted by molar-refractivity contribution is 5.79. The summed E-state index contributed by atoms with van der Waals surface area (Å²) in [5, 5.41) is 14.9. The average Bonchev–Trinajstić information content (AvgIpc) is 2.55. The van der Waals surface area contributed by atoms with Crippen molar-refractivity contribution < 1.29 is 9.90 Å². The molecule has 1 aliphatic heterocycles. The SMILES string of the molecule is CC(O)CCNC(=O)C1CCNC1. The molecule has 0 spiro atoms. The first-order valence-corrected chi connectivity index (χ1v) is 4.86. The largest absolute Gasteiger partial charge is 0.393 e.